The summed E-state index contributed by atoms with van der Waals surface area (Å²) in [6.45, 7) is 8.95. The van der Waals surface area contributed by atoms with E-state index in [-0.39, 0.29) is 18.2 Å². The maximum atomic E-state index is 12.6. The second-order valence-electron chi connectivity index (χ2n) is 28.3. The summed E-state index contributed by atoms with van der Waals surface area (Å²) in [7, 11) is 0. The first-order valence-corrected chi connectivity index (χ1v) is 42.1. The molecule has 127 heavy (non-hydrogen) atoms. The zero-order valence-electron chi connectivity index (χ0n) is 67.8. The lowest BCUT2D eigenvalue weighted by Crippen LogP contribution is -2.10. The average Bonchev–Trinajstić information content (AvgIpc) is 1.66. The van der Waals surface area contributed by atoms with Crippen molar-refractivity contribution in [3.63, 3.8) is 0 Å². The van der Waals surface area contributed by atoms with Gasteiger partial charge < -0.3 is 26.6 Å². The van der Waals surface area contributed by atoms with Crippen molar-refractivity contribution in [2.24, 2.45) is 0 Å². The summed E-state index contributed by atoms with van der Waals surface area (Å²) in [6, 6.07) is 65.9. The Balaban J connectivity index is 0.000000117. The number of hydrogen-bond donors (Lipinski definition) is 5. The molecule has 20 rings (SSSR count). The Morgan fingerprint density at radius 2 is 0.748 bits per heavy atom. The molecule has 5 aromatic carbocycles. The van der Waals surface area contributed by atoms with E-state index in [1.807, 2.05) is 233 Å². The van der Waals surface area contributed by atoms with E-state index < -0.39 is 11.9 Å². The molecule has 15 aromatic heterocycles. The smallest absolute Gasteiger partial charge is 0.363 e. The lowest BCUT2D eigenvalue weighted by Gasteiger charge is -2.11. The number of amides is 1. The number of fused-ring (bicyclic) bond motifs is 5. The highest BCUT2D eigenvalue weighted by Crippen LogP contribution is 2.34. The van der Waals surface area contributed by atoms with Gasteiger partial charge in [0.1, 0.15) is 20.6 Å². The topological polar surface area (TPSA) is 297 Å². The first-order valence-electron chi connectivity index (χ1n) is 39.6. The molecule has 0 aliphatic carbocycles. The van der Waals surface area contributed by atoms with E-state index in [1.165, 1.54) is 26.1 Å². The molecule has 0 fully saturated rings. The number of halogens is 5. The Kier molecular flexibility index (Phi) is 26.5. The van der Waals surface area contributed by atoms with Gasteiger partial charge in [-0.25, -0.2) is 49.8 Å². The van der Waals surface area contributed by atoms with Crippen molar-refractivity contribution < 1.29 is 22.8 Å². The van der Waals surface area contributed by atoms with Crippen molar-refractivity contribution in [3.05, 3.63) is 377 Å². The number of aromatic nitrogens is 19. The molecule has 15 heterocycles. The van der Waals surface area contributed by atoms with Crippen molar-refractivity contribution >= 4 is 118 Å². The highest BCUT2D eigenvalue weighted by Gasteiger charge is 2.32. The molecule has 1 amide bonds. The van der Waals surface area contributed by atoms with E-state index in [0.717, 1.165) is 128 Å². The van der Waals surface area contributed by atoms with E-state index in [9.17, 15) is 22.8 Å². The Bertz CT molecular complexity index is 7150. The third-order valence-corrected chi connectivity index (χ3v) is 21.4. The van der Waals surface area contributed by atoms with Crippen LogP contribution < -0.4 is 26.6 Å². The molecule has 0 aliphatic rings. The fourth-order valence-electron chi connectivity index (χ4n) is 13.4. The Labute approximate surface area is 745 Å². The molecule has 0 radical (unpaired) electrons. The number of ketones is 1. The minimum absolute atomic E-state index is 0.0408. The number of nitrogens with zero attached hydrogens (tertiary/aromatic N) is 19. The molecular formula is C95H75Br2F3N24O2S. The minimum Gasteiger partial charge on any atom is -0.363 e. The Hall–Kier alpha value is -15.7. The van der Waals surface area contributed by atoms with Gasteiger partial charge in [0.05, 0.1) is 70.8 Å². The summed E-state index contributed by atoms with van der Waals surface area (Å²) >= 11 is 8.57. The van der Waals surface area contributed by atoms with Crippen LogP contribution >= 0.6 is 43.2 Å². The van der Waals surface area contributed by atoms with Gasteiger partial charge in [0.2, 0.25) is 5.91 Å². The number of carbonyl (C=O) groups excluding carboxylic acids is 2. The average molecular weight is 1830 g/mol. The first kappa shape index (κ1) is 84.9. The van der Waals surface area contributed by atoms with Gasteiger partial charge >= 0.3 is 6.18 Å². The quantitative estimate of drug-likeness (QED) is 0.0418. The third-order valence-electron chi connectivity index (χ3n) is 19.6. The second-order valence-corrected chi connectivity index (χ2v) is 30.7. The van der Waals surface area contributed by atoms with Gasteiger partial charge in [-0.1, -0.05) is 183 Å². The van der Waals surface area contributed by atoms with E-state index in [1.54, 1.807) is 71.4 Å². The molecule has 0 atom stereocenters. The van der Waals surface area contributed by atoms with Crippen LogP contribution in [0.2, 0.25) is 0 Å². The van der Waals surface area contributed by atoms with E-state index >= 15 is 0 Å². The maximum absolute atomic E-state index is 12.6. The highest BCUT2D eigenvalue weighted by molar-refractivity contribution is 9.10. The second kappa shape index (κ2) is 39.7. The molecule has 0 aliphatic heterocycles. The summed E-state index contributed by atoms with van der Waals surface area (Å²) in [5.74, 6) is 2.87. The number of rotatable bonds is 21. The fourth-order valence-corrected chi connectivity index (χ4v) is 14.7. The molecule has 20 aromatic rings. The number of pyridine rings is 4. The van der Waals surface area contributed by atoms with Gasteiger partial charge in [0.25, 0.3) is 0 Å². The van der Waals surface area contributed by atoms with Crippen LogP contribution in [-0.2, 0) is 37.1 Å². The lowest BCUT2D eigenvalue weighted by molar-refractivity contribution is -0.141. The van der Waals surface area contributed by atoms with E-state index in [4.69, 9.17) is 15.0 Å². The lowest BCUT2D eigenvalue weighted by atomic mass is 10.1. The number of imidazole rings is 5. The molecule has 0 saturated carbocycles. The molecule has 0 bridgehead atoms. The molecule has 628 valence electrons. The van der Waals surface area contributed by atoms with Crippen molar-refractivity contribution in [1.29, 1.82) is 0 Å². The standard InChI is InChI=1S/C22H17N5S.C20H17N5O.C20H17N5.C19H13BrF3N5.C14H11BrN4O/c1-2-6-17(7-3-1)19-14-27-20(18-8-10-28-15-18)13-25-22(27)21(26-19)24-12-16-5-4-9-23-11-16;1-14(26)18-12-23-20-19(22-11-15-6-5-9-21-10-15)24-17(13-25(18)20)16-7-3-2-4-8-16;1-2-17-13-23-20-19(22-12-15-7-6-10-21-11-15)24-18(14-25(17)20)16-8-4-3-5-9-16;20-16-10-26-18-17(25-9-12-6-7-15(24-8-12)19(21,22)23)27-14(11-28(16)18)13-4-2-1-3-5-13;1-9(20)17-13-14-16-7-12(15)19(14)8-11(18-13)10-5-3-2-4-6-10/h1-11,13-15H,12H2,(H,24,26);2-10,12-13H,11H2,1H3,(H,22,24);2-11,13-14H,1,12H2,(H,22,24);1-8,10-11H,9H2,(H,25,27);2-8H,1H3,(H,17,18,20). The van der Waals surface area contributed by atoms with Crippen molar-refractivity contribution in [3.8, 4) is 67.5 Å². The number of thiophene rings is 1. The molecule has 32 heteroatoms. The molecular weight excluding hydrogens is 1760 g/mol. The normalized spacial score (nSPS) is 11.0. The van der Waals surface area contributed by atoms with Crippen molar-refractivity contribution in [2.75, 3.05) is 26.6 Å². The number of nitrogens with one attached hydrogen (secondary N) is 5. The predicted octanol–water partition coefficient (Wildman–Crippen LogP) is 21.1. The van der Waals surface area contributed by atoms with Gasteiger partial charge in [0.15, 0.2) is 63.1 Å². The maximum Gasteiger partial charge on any atom is 0.433 e. The number of Topliss-reactive ketones (excluding diaryl/α,β-unsaturated/α-hetero) is 1. The zero-order chi connectivity index (χ0) is 87.6. The van der Waals surface area contributed by atoms with Crippen LogP contribution in [0.4, 0.5) is 42.3 Å². The SMILES string of the molecule is C=Cc1cnc2c(NCc3cccnc3)nc(-c3ccccc3)cn12.CC(=O)Nc1nc(-c2ccccc2)cn2c(Br)cnc12.CC(=O)c1cnc2c(NCc3cccnc3)nc(-c3ccccc3)cn12.FC(F)(F)c1ccc(CNc2nc(-c3ccccc3)cn3c(Br)cnc23)cn1.c1ccc(-c2cn3c(-c4ccsc4)cnc3c(NCc3cccnc3)n2)cc1. The monoisotopic (exact) mass is 1830 g/mol. The number of hydrogen-bond acceptors (Lipinski definition) is 21. The largest absolute Gasteiger partial charge is 0.433 e. The Morgan fingerprint density at radius 1 is 0.386 bits per heavy atom. The summed E-state index contributed by atoms with van der Waals surface area (Å²) in [5, 5.41) is 20.2. The van der Waals surface area contributed by atoms with Crippen molar-refractivity contribution in [2.45, 2.75) is 46.2 Å². The summed E-state index contributed by atoms with van der Waals surface area (Å²) in [5.41, 5.74) is 19.0. The molecule has 5 N–H and O–H groups in total. The highest BCUT2D eigenvalue weighted by atomic mass is 79.9. The van der Waals surface area contributed by atoms with Crippen LogP contribution in [0.3, 0.4) is 0 Å². The van der Waals surface area contributed by atoms with Crippen LogP contribution in [0.1, 0.15) is 58.0 Å². The van der Waals surface area contributed by atoms with Gasteiger partial charge in [-0.05, 0) is 95.9 Å². The van der Waals surface area contributed by atoms with Crippen LogP contribution in [0, 0.1) is 0 Å². The third kappa shape index (κ3) is 20.7. The van der Waals surface area contributed by atoms with Crippen molar-refractivity contribution in [1.82, 2.24) is 91.8 Å². The minimum atomic E-state index is -4.45. The predicted molar refractivity (Wildman–Crippen MR) is 496 cm³/mol. The fraction of sp³-hybridized carbons (Fsp3) is 0.0737. The van der Waals surface area contributed by atoms with Gasteiger partial charge in [-0.2, -0.15) is 24.5 Å². The molecule has 0 unspecified atom stereocenters. The van der Waals surface area contributed by atoms with Crippen LogP contribution in [0.25, 0.3) is 102 Å². The summed E-state index contributed by atoms with van der Waals surface area (Å²) in [6.07, 6.45) is 27.6. The van der Waals surface area contributed by atoms with Crippen LogP contribution in [-0.4, -0.2) is 103 Å². The zero-order valence-corrected chi connectivity index (χ0v) is 71.8. The molecule has 0 saturated heterocycles. The first-order chi connectivity index (χ1) is 62.0. The van der Waals surface area contributed by atoms with Crippen LogP contribution in [0.5, 0.6) is 0 Å². The number of carbonyl (C=O) groups is 2. The molecule has 26 nitrogen and oxygen atoms in total. The summed E-state index contributed by atoms with van der Waals surface area (Å²) in [4.78, 5) is 84.8. The van der Waals surface area contributed by atoms with Gasteiger partial charge in [-0.15, -0.1) is 0 Å². The molecule has 0 spiro atoms. The van der Waals surface area contributed by atoms with Gasteiger partial charge in [-0.3, -0.25) is 51.5 Å². The van der Waals surface area contributed by atoms with E-state index in [0.29, 0.717) is 65.3 Å². The summed E-state index contributed by atoms with van der Waals surface area (Å²) < 4.78 is 49.1. The Morgan fingerprint density at radius 3 is 1.13 bits per heavy atom. The van der Waals surface area contributed by atoms with E-state index in [2.05, 4.69) is 159 Å². The number of alkyl halides is 3. The van der Waals surface area contributed by atoms with Gasteiger partial charge in [0, 0.05) is 153 Å². The van der Waals surface area contributed by atoms with Crippen LogP contribution in [0.15, 0.2) is 338 Å². The number of benzene rings is 5. The number of anilines is 5.